The smallest absolute Gasteiger partial charge is 0.318 e. The maximum atomic E-state index is 13.2. The molecule has 0 radical (unpaired) electrons. The Morgan fingerprint density at radius 1 is 1.08 bits per heavy atom. The highest BCUT2D eigenvalue weighted by atomic mass is 16.2. The monoisotopic (exact) mass is 350 g/mol. The molecule has 1 unspecified atom stereocenters. The molecule has 1 atom stereocenters. The number of rotatable bonds is 8. The normalized spacial score (nSPS) is 12.3. The number of hydrogen-bond acceptors (Lipinski definition) is 1. The quantitative estimate of drug-likeness (QED) is 0.612. The van der Waals surface area contributed by atoms with Crippen LogP contribution in [0.25, 0.3) is 0 Å². The van der Waals surface area contributed by atoms with E-state index in [-0.39, 0.29) is 17.6 Å². The summed E-state index contributed by atoms with van der Waals surface area (Å²) < 4.78 is 0. The molecular weight excluding hydrogens is 320 g/mol. The minimum atomic E-state index is -0.367. The van der Waals surface area contributed by atoms with Gasteiger partial charge in [0.15, 0.2) is 0 Å². The summed E-state index contributed by atoms with van der Waals surface area (Å²) in [5.41, 5.74) is 1.89. The van der Waals surface area contributed by atoms with Crippen LogP contribution < -0.4 is 5.32 Å². The van der Waals surface area contributed by atoms with Crippen molar-refractivity contribution in [1.82, 2.24) is 10.2 Å². The van der Waals surface area contributed by atoms with Gasteiger partial charge < -0.3 is 10.2 Å². The summed E-state index contributed by atoms with van der Waals surface area (Å²) in [6, 6.07) is 20.2. The second-order valence-electron chi connectivity index (χ2n) is 6.61. The van der Waals surface area contributed by atoms with Gasteiger partial charge in [-0.2, -0.15) is 0 Å². The highest BCUT2D eigenvalue weighted by Gasteiger charge is 2.32. The van der Waals surface area contributed by atoms with Crippen LogP contribution in [0.15, 0.2) is 73.3 Å². The number of carbonyl (C=O) groups is 1. The summed E-state index contributed by atoms with van der Waals surface area (Å²) in [6.45, 7) is 10.6. The van der Waals surface area contributed by atoms with Gasteiger partial charge in [-0.05, 0) is 30.9 Å². The molecule has 0 bridgehead atoms. The van der Waals surface area contributed by atoms with Crippen LogP contribution >= 0.6 is 0 Å². The van der Waals surface area contributed by atoms with E-state index in [0.717, 1.165) is 24.0 Å². The van der Waals surface area contributed by atoms with Crippen molar-refractivity contribution in [3.05, 3.63) is 84.4 Å². The molecule has 2 aromatic rings. The number of carbonyl (C=O) groups excluding carboxylic acids is 1. The van der Waals surface area contributed by atoms with Crippen LogP contribution in [0.4, 0.5) is 4.79 Å². The summed E-state index contributed by atoms with van der Waals surface area (Å²) in [7, 11) is 0. The lowest BCUT2D eigenvalue weighted by Crippen LogP contribution is -2.51. The summed E-state index contributed by atoms with van der Waals surface area (Å²) in [5, 5.41) is 3.32. The van der Waals surface area contributed by atoms with E-state index < -0.39 is 0 Å². The molecule has 0 saturated heterocycles. The number of hydrogen-bond donors (Lipinski definition) is 1. The lowest BCUT2D eigenvalue weighted by Gasteiger charge is -2.37. The van der Waals surface area contributed by atoms with Crippen molar-refractivity contribution in [2.45, 2.75) is 45.2 Å². The van der Waals surface area contributed by atoms with Gasteiger partial charge in [0.25, 0.3) is 0 Å². The minimum Gasteiger partial charge on any atom is -0.328 e. The molecule has 2 amide bonds. The number of nitrogens with zero attached hydrogens (tertiary/aromatic N) is 1. The maximum absolute atomic E-state index is 13.2. The fourth-order valence-corrected chi connectivity index (χ4v) is 3.41. The Hall–Kier alpha value is -2.55. The second kappa shape index (κ2) is 9.23. The molecule has 0 spiro atoms. The predicted octanol–water partition coefficient (Wildman–Crippen LogP) is 5.66. The molecule has 138 valence electrons. The third kappa shape index (κ3) is 4.34. The Morgan fingerprint density at radius 3 is 2.12 bits per heavy atom. The first-order valence-electron chi connectivity index (χ1n) is 9.38. The zero-order chi connectivity index (χ0) is 19.0. The van der Waals surface area contributed by atoms with Gasteiger partial charge in [-0.3, -0.25) is 0 Å². The lowest BCUT2D eigenvalue weighted by molar-refractivity contribution is 0.168. The highest BCUT2D eigenvalue weighted by molar-refractivity contribution is 5.76. The Kier molecular flexibility index (Phi) is 7.02. The first kappa shape index (κ1) is 19.8. The largest absolute Gasteiger partial charge is 0.328 e. The van der Waals surface area contributed by atoms with Gasteiger partial charge >= 0.3 is 6.03 Å². The summed E-state index contributed by atoms with van der Waals surface area (Å²) in [5.74, 6) is 0. The Balaban J connectivity index is 2.29. The molecular formula is C23H30N2O. The SMILES string of the molecule is C=CCN(C(=O)NC(CC)(CC)c1ccccc1)C(C)c1ccccc1. The molecule has 0 aromatic heterocycles. The third-order valence-corrected chi connectivity index (χ3v) is 5.22. The van der Waals surface area contributed by atoms with E-state index in [1.807, 2.05) is 41.3 Å². The number of nitrogens with one attached hydrogen (secondary N) is 1. The van der Waals surface area contributed by atoms with Crippen LogP contribution in [-0.2, 0) is 5.54 Å². The van der Waals surface area contributed by atoms with Crippen molar-refractivity contribution in [1.29, 1.82) is 0 Å². The topological polar surface area (TPSA) is 32.3 Å². The molecule has 0 fully saturated rings. The van der Waals surface area contributed by atoms with Crippen LogP contribution in [0.3, 0.4) is 0 Å². The highest BCUT2D eigenvalue weighted by Crippen LogP contribution is 2.30. The van der Waals surface area contributed by atoms with E-state index in [1.165, 1.54) is 0 Å². The Morgan fingerprint density at radius 2 is 1.62 bits per heavy atom. The summed E-state index contributed by atoms with van der Waals surface area (Å²) >= 11 is 0. The molecule has 0 saturated carbocycles. The molecule has 0 aliphatic carbocycles. The van der Waals surface area contributed by atoms with Crippen molar-refractivity contribution in [3.63, 3.8) is 0 Å². The van der Waals surface area contributed by atoms with Gasteiger partial charge in [0.1, 0.15) is 0 Å². The van der Waals surface area contributed by atoms with Gasteiger partial charge in [0.05, 0.1) is 11.6 Å². The van der Waals surface area contributed by atoms with Crippen molar-refractivity contribution in [2.75, 3.05) is 6.54 Å². The van der Waals surface area contributed by atoms with Crippen LogP contribution in [0.5, 0.6) is 0 Å². The molecule has 1 N–H and O–H groups in total. The van der Waals surface area contributed by atoms with Gasteiger partial charge in [-0.25, -0.2) is 4.79 Å². The molecule has 2 aromatic carbocycles. The molecule has 3 nitrogen and oxygen atoms in total. The van der Waals surface area contributed by atoms with Crippen molar-refractivity contribution in [3.8, 4) is 0 Å². The molecule has 0 aliphatic heterocycles. The van der Waals surface area contributed by atoms with Gasteiger partial charge in [0, 0.05) is 6.54 Å². The van der Waals surface area contributed by atoms with E-state index in [9.17, 15) is 4.79 Å². The Bertz CT molecular complexity index is 693. The van der Waals surface area contributed by atoms with E-state index in [0.29, 0.717) is 6.54 Å². The number of urea groups is 1. The summed E-state index contributed by atoms with van der Waals surface area (Å²) in [6.07, 6.45) is 3.45. The first-order chi connectivity index (χ1) is 12.6. The average molecular weight is 351 g/mol. The van der Waals surface area contributed by atoms with E-state index in [2.05, 4.69) is 56.9 Å². The molecule has 2 rings (SSSR count). The number of amides is 2. The van der Waals surface area contributed by atoms with E-state index in [1.54, 1.807) is 6.08 Å². The predicted molar refractivity (Wildman–Crippen MR) is 109 cm³/mol. The number of benzene rings is 2. The van der Waals surface area contributed by atoms with E-state index >= 15 is 0 Å². The molecule has 26 heavy (non-hydrogen) atoms. The van der Waals surface area contributed by atoms with Crippen LogP contribution in [-0.4, -0.2) is 17.5 Å². The van der Waals surface area contributed by atoms with Crippen LogP contribution in [0, 0.1) is 0 Å². The third-order valence-electron chi connectivity index (χ3n) is 5.22. The maximum Gasteiger partial charge on any atom is 0.318 e. The van der Waals surface area contributed by atoms with Crippen molar-refractivity contribution >= 4 is 6.03 Å². The van der Waals surface area contributed by atoms with E-state index in [4.69, 9.17) is 0 Å². The zero-order valence-electron chi connectivity index (χ0n) is 16.1. The lowest BCUT2D eigenvalue weighted by atomic mass is 9.85. The molecule has 3 heteroatoms. The van der Waals surface area contributed by atoms with Gasteiger partial charge in [-0.1, -0.05) is 80.6 Å². The standard InChI is InChI=1S/C23H30N2O/c1-5-18-25(19(4)20-14-10-8-11-15-20)22(26)24-23(6-2,7-3)21-16-12-9-13-17-21/h5,8-17,19H,1,6-7,18H2,2-4H3,(H,24,26). The summed E-state index contributed by atoms with van der Waals surface area (Å²) in [4.78, 5) is 15.1. The zero-order valence-corrected chi connectivity index (χ0v) is 16.1. The molecule has 0 heterocycles. The Labute approximate surface area is 157 Å². The minimum absolute atomic E-state index is 0.0311. The van der Waals surface area contributed by atoms with Gasteiger partial charge in [-0.15, -0.1) is 6.58 Å². The second-order valence-corrected chi connectivity index (χ2v) is 6.61. The molecule has 0 aliphatic rings. The van der Waals surface area contributed by atoms with Crippen molar-refractivity contribution < 1.29 is 4.79 Å². The van der Waals surface area contributed by atoms with Crippen LogP contribution in [0.2, 0.25) is 0 Å². The van der Waals surface area contributed by atoms with Crippen molar-refractivity contribution in [2.24, 2.45) is 0 Å². The van der Waals surface area contributed by atoms with Crippen LogP contribution in [0.1, 0.15) is 50.8 Å². The first-order valence-corrected chi connectivity index (χ1v) is 9.38. The fourth-order valence-electron chi connectivity index (χ4n) is 3.41. The fraction of sp³-hybridized carbons (Fsp3) is 0.348. The average Bonchev–Trinajstić information content (AvgIpc) is 2.71. The van der Waals surface area contributed by atoms with Gasteiger partial charge in [0.2, 0.25) is 0 Å².